The number of aromatic nitrogens is 4. The molecule has 9 nitrogen and oxygen atoms in total. The van der Waals surface area contributed by atoms with Crippen LogP contribution < -0.4 is 11.2 Å². The molecule has 2 atom stereocenters. The van der Waals surface area contributed by atoms with Gasteiger partial charge in [0, 0.05) is 7.05 Å². The van der Waals surface area contributed by atoms with Gasteiger partial charge in [0.25, 0.3) is 5.56 Å². The van der Waals surface area contributed by atoms with Crippen LogP contribution in [0.5, 0.6) is 0 Å². The molecular weight excluding hydrogens is 242 g/mol. The molecule has 9 heteroatoms. The van der Waals surface area contributed by atoms with Gasteiger partial charge in [-0.25, -0.2) is 9.78 Å². The highest BCUT2D eigenvalue weighted by Gasteiger charge is 2.22. The molecule has 0 radical (unpaired) electrons. The van der Waals surface area contributed by atoms with Crippen LogP contribution in [0.3, 0.4) is 0 Å². The molecule has 2 aromatic rings. The fourth-order valence-electron chi connectivity index (χ4n) is 1.48. The zero-order chi connectivity index (χ0) is 13.4. The number of aliphatic hydroxyl groups is 2. The Morgan fingerprint density at radius 2 is 2.06 bits per heavy atom. The SMILES string of the molecule is Cn1c(=O)[nH]c(=O)c2[nH]c(C(O)C(O)C#N)nc21. The van der Waals surface area contributed by atoms with Crippen LogP contribution in [0, 0.1) is 11.3 Å². The predicted molar refractivity (Wildman–Crippen MR) is 58.5 cm³/mol. The molecule has 0 aliphatic rings. The summed E-state index contributed by atoms with van der Waals surface area (Å²) in [4.78, 5) is 31.1. The zero-order valence-electron chi connectivity index (χ0n) is 9.21. The van der Waals surface area contributed by atoms with E-state index in [4.69, 9.17) is 5.26 Å². The number of hydrogen-bond donors (Lipinski definition) is 4. The van der Waals surface area contributed by atoms with Gasteiger partial charge in [-0.1, -0.05) is 0 Å². The molecule has 0 saturated carbocycles. The van der Waals surface area contributed by atoms with Gasteiger partial charge in [-0.2, -0.15) is 5.26 Å². The van der Waals surface area contributed by atoms with Crippen molar-refractivity contribution in [1.82, 2.24) is 19.5 Å². The highest BCUT2D eigenvalue weighted by Crippen LogP contribution is 2.15. The number of aromatic amines is 2. The Kier molecular flexibility index (Phi) is 2.74. The van der Waals surface area contributed by atoms with E-state index in [1.165, 1.54) is 13.1 Å². The van der Waals surface area contributed by atoms with E-state index in [-0.39, 0.29) is 17.0 Å². The first-order chi connectivity index (χ1) is 8.45. The van der Waals surface area contributed by atoms with Gasteiger partial charge in [0.05, 0.1) is 6.07 Å². The molecule has 2 unspecified atom stereocenters. The van der Waals surface area contributed by atoms with Gasteiger partial charge in [0.1, 0.15) is 11.3 Å². The van der Waals surface area contributed by atoms with Crippen LogP contribution in [-0.4, -0.2) is 35.8 Å². The maximum absolute atomic E-state index is 11.5. The molecule has 18 heavy (non-hydrogen) atoms. The topological polar surface area (TPSA) is 148 Å². The van der Waals surface area contributed by atoms with Crippen molar-refractivity contribution < 1.29 is 10.2 Å². The van der Waals surface area contributed by atoms with E-state index in [0.29, 0.717) is 0 Å². The van der Waals surface area contributed by atoms with Crippen molar-refractivity contribution in [2.75, 3.05) is 0 Å². The maximum atomic E-state index is 11.5. The Hall–Kier alpha value is -2.44. The standard InChI is InChI=1S/C9H9N5O4/c1-14-7-4(8(17)13-9(14)18)11-6(12-7)5(16)3(15)2-10/h3,5,15-16H,1H3,(H,11,12)(H,13,17,18). The number of H-pyrrole nitrogens is 2. The van der Waals surface area contributed by atoms with E-state index >= 15 is 0 Å². The lowest BCUT2D eigenvalue weighted by atomic mass is 10.2. The lowest BCUT2D eigenvalue weighted by Gasteiger charge is -2.06. The molecule has 0 bridgehead atoms. The first-order valence-electron chi connectivity index (χ1n) is 4.90. The number of nitriles is 1. The first-order valence-corrected chi connectivity index (χ1v) is 4.90. The quantitative estimate of drug-likeness (QED) is 0.448. The highest BCUT2D eigenvalue weighted by molar-refractivity contribution is 5.69. The smallest absolute Gasteiger partial charge is 0.329 e. The Bertz CT molecular complexity index is 749. The number of nitrogens with one attached hydrogen (secondary N) is 2. The average Bonchev–Trinajstić information content (AvgIpc) is 2.79. The van der Waals surface area contributed by atoms with Gasteiger partial charge in [-0.15, -0.1) is 0 Å². The summed E-state index contributed by atoms with van der Waals surface area (Å²) >= 11 is 0. The minimum absolute atomic E-state index is 0.0173. The van der Waals surface area contributed by atoms with E-state index in [1.807, 2.05) is 4.98 Å². The summed E-state index contributed by atoms with van der Waals surface area (Å²) in [5.74, 6) is -0.161. The van der Waals surface area contributed by atoms with E-state index in [1.54, 1.807) is 0 Å². The molecule has 0 spiro atoms. The maximum Gasteiger partial charge on any atom is 0.329 e. The molecule has 2 aromatic heterocycles. The van der Waals surface area contributed by atoms with Gasteiger partial charge in [0.15, 0.2) is 17.9 Å². The lowest BCUT2D eigenvalue weighted by molar-refractivity contribution is 0.0474. The second kappa shape index (κ2) is 4.10. The summed E-state index contributed by atoms with van der Waals surface area (Å²) in [5.41, 5.74) is -1.33. The molecule has 4 N–H and O–H groups in total. The molecule has 0 amide bonds. The summed E-state index contributed by atoms with van der Waals surface area (Å²) in [6.07, 6.45) is -3.27. The van der Waals surface area contributed by atoms with Crippen LogP contribution in [0.1, 0.15) is 11.9 Å². The zero-order valence-corrected chi connectivity index (χ0v) is 9.21. The van der Waals surface area contributed by atoms with Crippen LogP contribution in [-0.2, 0) is 7.05 Å². The minimum atomic E-state index is -1.68. The van der Waals surface area contributed by atoms with Gasteiger partial charge in [-0.05, 0) is 0 Å². The molecule has 0 fully saturated rings. The third-order valence-corrected chi connectivity index (χ3v) is 2.48. The molecule has 0 aromatic carbocycles. The van der Waals surface area contributed by atoms with Crippen molar-refractivity contribution in [1.29, 1.82) is 5.26 Å². The van der Waals surface area contributed by atoms with Crippen molar-refractivity contribution in [2.45, 2.75) is 12.2 Å². The molecule has 2 rings (SSSR count). The predicted octanol–water partition coefficient (Wildman–Crippen LogP) is -2.13. The van der Waals surface area contributed by atoms with Gasteiger partial charge in [0.2, 0.25) is 0 Å². The van der Waals surface area contributed by atoms with Crippen LogP contribution in [0.4, 0.5) is 0 Å². The second-order valence-electron chi connectivity index (χ2n) is 3.66. The van der Waals surface area contributed by atoms with Gasteiger partial charge in [-0.3, -0.25) is 14.3 Å². The van der Waals surface area contributed by atoms with Crippen LogP contribution in [0.2, 0.25) is 0 Å². The highest BCUT2D eigenvalue weighted by atomic mass is 16.3. The van der Waals surface area contributed by atoms with Crippen molar-refractivity contribution in [3.05, 3.63) is 26.7 Å². The summed E-state index contributed by atoms with van der Waals surface area (Å²) in [6.45, 7) is 0. The molecule has 94 valence electrons. The normalized spacial score (nSPS) is 14.3. The largest absolute Gasteiger partial charge is 0.381 e. The number of hydrogen-bond acceptors (Lipinski definition) is 6. The van der Waals surface area contributed by atoms with Crippen LogP contribution in [0.15, 0.2) is 9.59 Å². The average molecular weight is 251 g/mol. The monoisotopic (exact) mass is 251 g/mol. The van der Waals surface area contributed by atoms with Crippen molar-refractivity contribution in [3.8, 4) is 6.07 Å². The number of imidazole rings is 1. The van der Waals surface area contributed by atoms with Crippen molar-refractivity contribution in [2.24, 2.45) is 7.05 Å². The summed E-state index contributed by atoms with van der Waals surface area (Å²) < 4.78 is 1.07. The summed E-state index contributed by atoms with van der Waals surface area (Å²) in [5, 5.41) is 27.2. The molecule has 0 saturated heterocycles. The number of aliphatic hydroxyl groups excluding tert-OH is 2. The van der Waals surface area contributed by atoms with Crippen molar-refractivity contribution >= 4 is 11.2 Å². The van der Waals surface area contributed by atoms with Gasteiger partial charge >= 0.3 is 5.69 Å². The fourth-order valence-corrected chi connectivity index (χ4v) is 1.48. The van der Waals surface area contributed by atoms with E-state index < -0.39 is 23.5 Å². The van der Waals surface area contributed by atoms with E-state index in [2.05, 4.69) is 9.97 Å². The number of nitrogens with zero attached hydrogens (tertiary/aromatic N) is 3. The summed E-state index contributed by atoms with van der Waals surface area (Å²) in [7, 11) is 1.39. The minimum Gasteiger partial charge on any atom is -0.381 e. The first kappa shape index (κ1) is 12.0. The third-order valence-electron chi connectivity index (χ3n) is 2.48. The van der Waals surface area contributed by atoms with E-state index in [9.17, 15) is 19.8 Å². The van der Waals surface area contributed by atoms with Crippen LogP contribution >= 0.6 is 0 Å². The lowest BCUT2D eigenvalue weighted by Crippen LogP contribution is -2.28. The third kappa shape index (κ3) is 1.69. The number of fused-ring (bicyclic) bond motifs is 1. The Morgan fingerprint density at radius 1 is 1.39 bits per heavy atom. The molecule has 0 aliphatic carbocycles. The van der Waals surface area contributed by atoms with E-state index in [0.717, 1.165) is 4.57 Å². The fraction of sp³-hybridized carbons (Fsp3) is 0.333. The number of rotatable bonds is 2. The molecule has 0 aliphatic heterocycles. The van der Waals surface area contributed by atoms with Gasteiger partial charge < -0.3 is 15.2 Å². The second-order valence-corrected chi connectivity index (χ2v) is 3.66. The van der Waals surface area contributed by atoms with Crippen molar-refractivity contribution in [3.63, 3.8) is 0 Å². The Morgan fingerprint density at radius 3 is 2.67 bits per heavy atom. The van der Waals surface area contributed by atoms with Crippen LogP contribution in [0.25, 0.3) is 11.2 Å². The Balaban J connectivity index is 2.69. The molecular formula is C9H9N5O4. The molecule has 2 heterocycles. The number of aryl methyl sites for hydroxylation is 1. The summed E-state index contributed by atoms with van der Waals surface area (Å²) in [6, 6.07) is 1.44. The Labute approximate surface area is 99.0 Å².